The third-order valence-electron chi connectivity index (χ3n) is 10.8. The molecule has 59 heavy (non-hydrogen) atoms. The topological polar surface area (TPSA) is 232 Å². The van der Waals surface area contributed by atoms with Crippen LogP contribution in [0, 0.1) is 11.8 Å². The van der Waals surface area contributed by atoms with Crippen LogP contribution in [-0.4, -0.2) is 93.5 Å². The Hall–Kier alpha value is -2.16. The molecular weight excluding hydrogens is 781 g/mol. The second-order valence-corrected chi connectivity index (χ2v) is 17.6. The minimum Gasteiger partial charge on any atom is -0.480 e. The van der Waals surface area contributed by atoms with E-state index in [1.165, 1.54) is 70.6 Å². The fraction of sp³-hybridized carbons (Fsp3) is 0.841. The molecule has 344 valence electrons. The molecule has 0 radical (unpaired) electrons. The summed E-state index contributed by atoms with van der Waals surface area (Å²) in [6.45, 7) is 2.47. The number of phosphoric acid groups is 1. The zero-order valence-corrected chi connectivity index (χ0v) is 37.1. The number of carboxylic acids is 1. The molecule has 14 nitrogen and oxygen atoms in total. The first kappa shape index (κ1) is 54.9. The van der Waals surface area contributed by atoms with Crippen LogP contribution in [0.5, 0.6) is 0 Å². The summed E-state index contributed by atoms with van der Waals surface area (Å²) in [5, 5.41) is 40.2. The number of carbonyl (C=O) groups is 3. The lowest BCUT2D eigenvalue weighted by Crippen LogP contribution is -2.34. The van der Waals surface area contributed by atoms with Gasteiger partial charge in [0.2, 0.25) is 0 Å². The lowest BCUT2D eigenvalue weighted by Gasteiger charge is -2.20. The highest BCUT2D eigenvalue weighted by Gasteiger charge is 2.39. The molecule has 0 amide bonds. The molecule has 0 aromatic carbocycles. The number of nitrogens with two attached hydrogens (primary N) is 1. The van der Waals surface area contributed by atoms with Crippen LogP contribution in [0.25, 0.3) is 0 Å². The average Bonchev–Trinajstić information content (AvgIpc) is 3.47. The number of unbranched alkanes of at least 4 members (excludes halogenated alkanes) is 17. The summed E-state index contributed by atoms with van der Waals surface area (Å²) in [5.74, 6) is -3.07. The Bertz CT molecular complexity index is 1220. The van der Waals surface area contributed by atoms with Gasteiger partial charge in [0.25, 0.3) is 0 Å². The summed E-state index contributed by atoms with van der Waals surface area (Å²) in [6.07, 6.45) is 27.7. The Balaban J connectivity index is 2.50. The van der Waals surface area contributed by atoms with E-state index in [4.69, 9.17) is 24.8 Å². The molecule has 1 rings (SSSR count). The number of phosphoric ester groups is 1. The highest BCUT2D eigenvalue weighted by Crippen LogP contribution is 2.43. The smallest absolute Gasteiger partial charge is 0.472 e. The molecule has 0 bridgehead atoms. The van der Waals surface area contributed by atoms with Gasteiger partial charge >= 0.3 is 25.7 Å². The van der Waals surface area contributed by atoms with Crippen LogP contribution in [0.15, 0.2) is 24.3 Å². The predicted octanol–water partition coefficient (Wildman–Crippen LogP) is 8.22. The van der Waals surface area contributed by atoms with Crippen LogP contribution < -0.4 is 5.73 Å². The van der Waals surface area contributed by atoms with Crippen LogP contribution in [0.2, 0.25) is 0 Å². The van der Waals surface area contributed by atoms with Gasteiger partial charge < -0.3 is 40.5 Å². The van der Waals surface area contributed by atoms with Crippen molar-refractivity contribution in [1.29, 1.82) is 0 Å². The molecule has 0 spiro atoms. The number of aliphatic carboxylic acids is 1. The molecule has 0 aromatic rings. The van der Waals surface area contributed by atoms with E-state index >= 15 is 0 Å². The fourth-order valence-corrected chi connectivity index (χ4v) is 7.90. The van der Waals surface area contributed by atoms with Crippen molar-refractivity contribution >= 4 is 25.7 Å². The number of carboxylic acid groups (broad SMARTS) is 1. The molecule has 0 aliphatic heterocycles. The number of ether oxygens (including phenoxy) is 2. The second kappa shape index (κ2) is 34.4. The standard InChI is InChI=1S/C44H80NO13P/c1-3-5-7-8-9-10-11-12-13-14-15-16-17-18-23-27-42(49)55-32-36(33-56-59(53,54)57-34-39(45)44(51)52)58-43(50)28-24-20-19-22-26-37-38(41(48)31-40(37)47)30-29-35(46)25-21-6-4-2/h19,22,29-30,35-41,46-48H,3-18,20-21,23-28,31-34,45H2,1-2H3,(H,51,52)(H,53,54)/b22-19+,30-29+/t35-,36+,37+,38+,39-,40-,41+/m0/s1. The highest BCUT2D eigenvalue weighted by atomic mass is 31.2. The Morgan fingerprint density at radius 1 is 0.729 bits per heavy atom. The number of allylic oxidation sites excluding steroid dienone is 2. The van der Waals surface area contributed by atoms with Crippen molar-refractivity contribution in [1.82, 2.24) is 0 Å². The van der Waals surface area contributed by atoms with Gasteiger partial charge in [-0.3, -0.25) is 23.4 Å². The second-order valence-electron chi connectivity index (χ2n) is 16.2. The van der Waals surface area contributed by atoms with Gasteiger partial charge in [-0.1, -0.05) is 147 Å². The summed E-state index contributed by atoms with van der Waals surface area (Å²) in [4.78, 5) is 46.2. The van der Waals surface area contributed by atoms with Gasteiger partial charge in [-0.15, -0.1) is 0 Å². The normalized spacial score (nSPS) is 20.8. The van der Waals surface area contributed by atoms with Crippen LogP contribution in [0.4, 0.5) is 0 Å². The van der Waals surface area contributed by atoms with E-state index in [-0.39, 0.29) is 31.1 Å². The van der Waals surface area contributed by atoms with Crippen molar-refractivity contribution in [3.05, 3.63) is 24.3 Å². The Labute approximate surface area is 354 Å². The predicted molar refractivity (Wildman–Crippen MR) is 228 cm³/mol. The minimum absolute atomic E-state index is 0.0132. The van der Waals surface area contributed by atoms with E-state index in [0.29, 0.717) is 32.1 Å². The summed E-state index contributed by atoms with van der Waals surface area (Å²) < 4.78 is 32.7. The molecule has 1 aliphatic carbocycles. The molecule has 15 heteroatoms. The van der Waals surface area contributed by atoms with E-state index in [9.17, 15) is 39.2 Å². The first-order valence-corrected chi connectivity index (χ1v) is 24.1. The van der Waals surface area contributed by atoms with Gasteiger partial charge in [-0.05, 0) is 38.0 Å². The highest BCUT2D eigenvalue weighted by molar-refractivity contribution is 7.47. The van der Waals surface area contributed by atoms with E-state index in [1.54, 1.807) is 6.08 Å². The molecule has 0 heterocycles. The summed E-state index contributed by atoms with van der Waals surface area (Å²) in [5.41, 5.74) is 5.33. The number of carbonyl (C=O) groups excluding carboxylic acids is 2. The number of hydrogen-bond acceptors (Lipinski definition) is 12. The molecule has 1 fully saturated rings. The van der Waals surface area contributed by atoms with Crippen LogP contribution in [0.1, 0.15) is 174 Å². The van der Waals surface area contributed by atoms with Crippen molar-refractivity contribution in [3.63, 3.8) is 0 Å². The molecule has 1 unspecified atom stereocenters. The van der Waals surface area contributed by atoms with Crippen molar-refractivity contribution < 1.29 is 62.8 Å². The molecule has 8 atom stereocenters. The molecular formula is C44H80NO13P. The lowest BCUT2D eigenvalue weighted by molar-refractivity contribution is -0.161. The first-order valence-electron chi connectivity index (χ1n) is 22.6. The third kappa shape index (κ3) is 28.9. The Morgan fingerprint density at radius 2 is 1.27 bits per heavy atom. The van der Waals surface area contributed by atoms with Gasteiger partial charge in [0.05, 0.1) is 31.5 Å². The third-order valence-corrected chi connectivity index (χ3v) is 11.7. The molecule has 7 N–H and O–H groups in total. The van der Waals surface area contributed by atoms with Gasteiger partial charge in [0.1, 0.15) is 12.6 Å². The maximum absolute atomic E-state index is 12.7. The maximum atomic E-state index is 12.7. The van der Waals surface area contributed by atoms with Gasteiger partial charge in [-0.2, -0.15) is 0 Å². The summed E-state index contributed by atoms with van der Waals surface area (Å²) in [7, 11) is -4.78. The average molecular weight is 862 g/mol. The van der Waals surface area contributed by atoms with Gasteiger partial charge in [-0.25, -0.2) is 4.57 Å². The zero-order chi connectivity index (χ0) is 43.7. The van der Waals surface area contributed by atoms with E-state index in [2.05, 4.69) is 18.4 Å². The number of aliphatic hydroxyl groups is 3. The largest absolute Gasteiger partial charge is 0.480 e. The van der Waals surface area contributed by atoms with Gasteiger partial charge in [0.15, 0.2) is 6.10 Å². The summed E-state index contributed by atoms with van der Waals surface area (Å²) in [6, 6.07) is -1.56. The van der Waals surface area contributed by atoms with E-state index in [1.807, 2.05) is 18.2 Å². The van der Waals surface area contributed by atoms with Crippen LogP contribution >= 0.6 is 7.82 Å². The monoisotopic (exact) mass is 862 g/mol. The first-order chi connectivity index (χ1) is 28.3. The van der Waals surface area contributed by atoms with Crippen LogP contribution in [0.3, 0.4) is 0 Å². The number of hydrogen-bond donors (Lipinski definition) is 6. The molecule has 0 saturated heterocycles. The fourth-order valence-electron chi connectivity index (χ4n) is 7.12. The summed E-state index contributed by atoms with van der Waals surface area (Å²) >= 11 is 0. The van der Waals surface area contributed by atoms with Crippen molar-refractivity contribution in [2.45, 2.75) is 205 Å². The van der Waals surface area contributed by atoms with E-state index in [0.717, 1.165) is 38.5 Å². The number of aliphatic hydroxyl groups excluding tert-OH is 3. The van der Waals surface area contributed by atoms with Crippen molar-refractivity contribution in [3.8, 4) is 0 Å². The Morgan fingerprint density at radius 3 is 1.86 bits per heavy atom. The molecule has 1 saturated carbocycles. The molecule has 0 aromatic heterocycles. The number of esters is 2. The maximum Gasteiger partial charge on any atom is 0.472 e. The lowest BCUT2D eigenvalue weighted by atomic mass is 9.89. The Kier molecular flexibility index (Phi) is 32.0. The SMILES string of the molecule is CCCCCCCCCCCCCCCCCC(=O)OC[C@H](COP(=O)(O)OC[C@H](N)C(=O)O)OC(=O)CCC/C=C/C[C@@H]1[C@@H](/C=C/[C@@H](O)CCCCC)[C@H](O)C[C@@H]1O. The molecule has 1 aliphatic rings. The minimum atomic E-state index is -4.78. The van der Waals surface area contributed by atoms with E-state index < -0.39 is 76.0 Å². The van der Waals surface area contributed by atoms with Crippen LogP contribution in [-0.2, 0) is 37.5 Å². The van der Waals surface area contributed by atoms with Gasteiger partial charge in [0, 0.05) is 25.2 Å². The quantitative estimate of drug-likeness (QED) is 0.0149. The number of rotatable bonds is 38. The zero-order valence-electron chi connectivity index (χ0n) is 36.2. The van der Waals surface area contributed by atoms with Crippen molar-refractivity contribution in [2.75, 3.05) is 19.8 Å². The van der Waals surface area contributed by atoms with Crippen molar-refractivity contribution in [2.24, 2.45) is 17.6 Å².